The lowest BCUT2D eigenvalue weighted by molar-refractivity contribution is -0.136. The molecule has 1 amide bonds. The maximum Gasteiger partial charge on any atom is 0.237 e. The summed E-state index contributed by atoms with van der Waals surface area (Å²) < 4.78 is 17.4. The van der Waals surface area contributed by atoms with E-state index in [0.717, 1.165) is 70.3 Å². The number of amides is 1. The second-order valence-electron chi connectivity index (χ2n) is 11.0. The molecule has 6 rings (SSSR count). The molecule has 2 fully saturated rings. The lowest BCUT2D eigenvalue weighted by Crippen LogP contribution is -2.57. The van der Waals surface area contributed by atoms with E-state index >= 15 is 0 Å². The molecule has 0 aromatic heterocycles. The molecule has 41 heavy (non-hydrogen) atoms. The molecule has 0 spiro atoms. The number of rotatable bonds is 10. The first-order valence-electron chi connectivity index (χ1n) is 14.8. The van der Waals surface area contributed by atoms with Crippen molar-refractivity contribution in [3.63, 3.8) is 0 Å². The van der Waals surface area contributed by atoms with Crippen LogP contribution in [0.5, 0.6) is 11.5 Å². The summed E-state index contributed by atoms with van der Waals surface area (Å²) in [5, 5.41) is 3.47. The molecule has 1 N–H and O–H groups in total. The van der Waals surface area contributed by atoms with Crippen LogP contribution in [0.4, 0.5) is 0 Å². The Labute approximate surface area is 242 Å². The Balaban J connectivity index is 0.967. The predicted octanol–water partition coefficient (Wildman–Crippen LogP) is 3.18. The van der Waals surface area contributed by atoms with E-state index < -0.39 is 0 Å². The summed E-state index contributed by atoms with van der Waals surface area (Å²) in [5.74, 6) is 1.81. The highest BCUT2D eigenvalue weighted by Crippen LogP contribution is 2.33. The number of carbonyl (C=O) groups excluding carboxylic acids is 1. The van der Waals surface area contributed by atoms with Gasteiger partial charge in [0.05, 0.1) is 13.2 Å². The van der Waals surface area contributed by atoms with Crippen molar-refractivity contribution in [3.05, 3.63) is 95.6 Å². The maximum absolute atomic E-state index is 13.4. The number of nitrogens with zero attached hydrogens (tertiary/aromatic N) is 3. The van der Waals surface area contributed by atoms with E-state index in [1.165, 1.54) is 16.7 Å². The fraction of sp³-hybridized carbons (Fsp3) is 0.424. The van der Waals surface area contributed by atoms with Gasteiger partial charge in [-0.25, -0.2) is 0 Å². The van der Waals surface area contributed by atoms with Gasteiger partial charge in [-0.05, 0) is 35.2 Å². The molecule has 3 aliphatic rings. The van der Waals surface area contributed by atoms with Crippen LogP contribution in [0.1, 0.15) is 22.8 Å². The maximum atomic E-state index is 13.4. The van der Waals surface area contributed by atoms with E-state index in [9.17, 15) is 4.79 Å². The first-order valence-corrected chi connectivity index (χ1v) is 14.8. The predicted molar refractivity (Wildman–Crippen MR) is 158 cm³/mol. The van der Waals surface area contributed by atoms with Crippen LogP contribution in [-0.4, -0.2) is 99.0 Å². The smallest absolute Gasteiger partial charge is 0.237 e. The third-order valence-electron chi connectivity index (χ3n) is 8.30. The van der Waals surface area contributed by atoms with Gasteiger partial charge in [0.15, 0.2) is 11.5 Å². The normalized spacial score (nSPS) is 19.5. The molecule has 3 heterocycles. The molecule has 216 valence electrons. The van der Waals surface area contributed by atoms with Crippen molar-refractivity contribution in [3.8, 4) is 11.5 Å². The zero-order valence-electron chi connectivity index (χ0n) is 23.6. The van der Waals surface area contributed by atoms with Crippen LogP contribution >= 0.6 is 0 Å². The van der Waals surface area contributed by atoms with Crippen molar-refractivity contribution in [2.75, 3.05) is 72.3 Å². The highest BCUT2D eigenvalue weighted by Gasteiger charge is 2.29. The monoisotopic (exact) mass is 556 g/mol. The van der Waals surface area contributed by atoms with Gasteiger partial charge in [0.2, 0.25) is 12.7 Å². The Morgan fingerprint density at radius 1 is 0.854 bits per heavy atom. The summed E-state index contributed by atoms with van der Waals surface area (Å²) >= 11 is 0. The van der Waals surface area contributed by atoms with Gasteiger partial charge in [0.25, 0.3) is 0 Å². The van der Waals surface area contributed by atoms with E-state index in [0.29, 0.717) is 13.2 Å². The minimum absolute atomic E-state index is 0.0686. The lowest BCUT2D eigenvalue weighted by atomic mass is 10.0. The van der Waals surface area contributed by atoms with Crippen molar-refractivity contribution in [1.82, 2.24) is 20.0 Å². The van der Waals surface area contributed by atoms with Gasteiger partial charge in [-0.15, -0.1) is 0 Å². The average molecular weight is 557 g/mol. The van der Waals surface area contributed by atoms with E-state index in [-0.39, 0.29) is 24.8 Å². The number of fused-ring (bicyclic) bond motifs is 1. The molecule has 1 atom stereocenters. The van der Waals surface area contributed by atoms with Crippen molar-refractivity contribution in [1.29, 1.82) is 0 Å². The number of carbonyl (C=O) groups is 1. The van der Waals surface area contributed by atoms with E-state index in [1.807, 2.05) is 24.3 Å². The van der Waals surface area contributed by atoms with Gasteiger partial charge in [0, 0.05) is 58.4 Å². The average Bonchev–Trinajstić information content (AvgIpc) is 3.49. The van der Waals surface area contributed by atoms with E-state index in [1.54, 1.807) is 0 Å². The van der Waals surface area contributed by atoms with Gasteiger partial charge < -0.3 is 24.4 Å². The van der Waals surface area contributed by atoms with Crippen LogP contribution in [0, 0.1) is 0 Å². The Kier molecular flexibility index (Phi) is 9.12. The Morgan fingerprint density at radius 2 is 1.54 bits per heavy atom. The van der Waals surface area contributed by atoms with Gasteiger partial charge in [-0.1, -0.05) is 66.7 Å². The zero-order chi connectivity index (χ0) is 27.9. The van der Waals surface area contributed by atoms with Gasteiger partial charge >= 0.3 is 0 Å². The van der Waals surface area contributed by atoms with Crippen LogP contribution < -0.4 is 14.8 Å². The molecule has 0 radical (unpaired) electrons. The molecule has 2 saturated heterocycles. The second-order valence-corrected chi connectivity index (χ2v) is 11.0. The molecule has 8 nitrogen and oxygen atoms in total. The van der Waals surface area contributed by atoms with Crippen LogP contribution in [0.3, 0.4) is 0 Å². The summed E-state index contributed by atoms with van der Waals surface area (Å²) in [6.45, 7) is 8.36. The number of ether oxygens (including phenoxy) is 3. The third kappa shape index (κ3) is 7.08. The quantitative estimate of drug-likeness (QED) is 0.412. The van der Waals surface area contributed by atoms with Crippen LogP contribution in [0.2, 0.25) is 0 Å². The minimum Gasteiger partial charge on any atom is -0.454 e. The Morgan fingerprint density at radius 3 is 2.27 bits per heavy atom. The molecule has 0 bridgehead atoms. The Bertz CT molecular complexity index is 1230. The molecular weight excluding hydrogens is 516 g/mol. The van der Waals surface area contributed by atoms with E-state index in [4.69, 9.17) is 14.2 Å². The summed E-state index contributed by atoms with van der Waals surface area (Å²) in [5.41, 5.74) is 3.51. The first kappa shape index (κ1) is 27.7. The van der Waals surface area contributed by atoms with Crippen LogP contribution in [0.15, 0.2) is 78.9 Å². The largest absolute Gasteiger partial charge is 0.454 e. The standard InChI is InChI=1S/C33H40N4O4/c38-32(37-14-13-34-23-29(37)21-26-11-12-30-31(22-26)41-25-40-30)24-36-17-15-35(16-18-36)19-20-39-33(27-7-3-1-4-8-27)28-9-5-2-6-10-28/h1-12,22,29,33-34H,13-21,23-25H2. The number of benzene rings is 3. The van der Waals surface area contributed by atoms with Crippen molar-refractivity contribution >= 4 is 5.91 Å². The van der Waals surface area contributed by atoms with Crippen LogP contribution in [0.25, 0.3) is 0 Å². The molecule has 0 aliphatic carbocycles. The SMILES string of the molecule is O=C(CN1CCN(CCOC(c2ccccc2)c2ccccc2)CC1)N1CCNCC1Cc1ccc2c(c1)OCO2. The zero-order valence-corrected chi connectivity index (χ0v) is 23.6. The van der Waals surface area contributed by atoms with E-state index in [2.05, 4.69) is 74.6 Å². The third-order valence-corrected chi connectivity index (χ3v) is 8.30. The highest BCUT2D eigenvalue weighted by molar-refractivity contribution is 5.79. The van der Waals surface area contributed by atoms with Crippen molar-refractivity contribution in [2.24, 2.45) is 0 Å². The molecule has 1 unspecified atom stereocenters. The molecule has 0 saturated carbocycles. The number of hydrogen-bond acceptors (Lipinski definition) is 7. The fourth-order valence-corrected chi connectivity index (χ4v) is 6.00. The van der Waals surface area contributed by atoms with Crippen molar-refractivity contribution in [2.45, 2.75) is 18.6 Å². The topological polar surface area (TPSA) is 66.5 Å². The van der Waals surface area contributed by atoms with Gasteiger partial charge in [-0.3, -0.25) is 14.6 Å². The highest BCUT2D eigenvalue weighted by atomic mass is 16.7. The number of nitrogens with one attached hydrogen (secondary N) is 1. The molecule has 3 aliphatic heterocycles. The number of piperazine rings is 2. The van der Waals surface area contributed by atoms with Gasteiger partial charge in [0.1, 0.15) is 6.10 Å². The summed E-state index contributed by atoms with van der Waals surface area (Å²) in [4.78, 5) is 20.3. The fourth-order valence-electron chi connectivity index (χ4n) is 6.00. The minimum atomic E-state index is -0.0686. The summed E-state index contributed by atoms with van der Waals surface area (Å²) in [6, 6.07) is 27.1. The molecule has 3 aromatic carbocycles. The Hall–Kier alpha value is -3.43. The first-order chi connectivity index (χ1) is 20.2. The van der Waals surface area contributed by atoms with Crippen molar-refractivity contribution < 1.29 is 19.0 Å². The van der Waals surface area contributed by atoms with Gasteiger partial charge in [-0.2, -0.15) is 0 Å². The lowest BCUT2D eigenvalue weighted by Gasteiger charge is -2.39. The van der Waals surface area contributed by atoms with Crippen LogP contribution in [-0.2, 0) is 16.0 Å². The molecule has 3 aromatic rings. The molecular formula is C33H40N4O4. The summed E-state index contributed by atoms with van der Waals surface area (Å²) in [7, 11) is 0. The number of hydrogen-bond donors (Lipinski definition) is 1. The molecule has 8 heteroatoms. The summed E-state index contributed by atoms with van der Waals surface area (Å²) in [6.07, 6.45) is 0.733. The second kappa shape index (κ2) is 13.5.